The van der Waals surface area contributed by atoms with Gasteiger partial charge in [0.1, 0.15) is 0 Å². The van der Waals surface area contributed by atoms with E-state index in [1.54, 1.807) is 0 Å². The van der Waals surface area contributed by atoms with E-state index in [1.165, 1.54) is 24.8 Å². The van der Waals surface area contributed by atoms with Gasteiger partial charge in [0, 0.05) is 12.2 Å². The quantitative estimate of drug-likeness (QED) is 0.902. The van der Waals surface area contributed by atoms with Crippen LogP contribution in [-0.2, 0) is 11.2 Å². The second-order valence-electron chi connectivity index (χ2n) is 7.27. The summed E-state index contributed by atoms with van der Waals surface area (Å²) in [5, 5.41) is 3.25. The van der Waals surface area contributed by atoms with Crippen LogP contribution >= 0.6 is 0 Å². The van der Waals surface area contributed by atoms with E-state index >= 15 is 0 Å². The predicted octanol–water partition coefficient (Wildman–Crippen LogP) is 2.68. The van der Waals surface area contributed by atoms with Gasteiger partial charge >= 0.3 is 0 Å². The topological polar surface area (TPSA) is 35.6 Å². The summed E-state index contributed by atoms with van der Waals surface area (Å²) < 4.78 is 0. The number of benzene rings is 1. The molecular weight excluding hydrogens is 298 g/mol. The lowest BCUT2D eigenvalue weighted by molar-refractivity contribution is -0.123. The van der Waals surface area contributed by atoms with Crippen molar-refractivity contribution in [3.8, 4) is 0 Å². The van der Waals surface area contributed by atoms with Crippen molar-refractivity contribution in [1.82, 2.24) is 10.2 Å². The van der Waals surface area contributed by atoms with E-state index in [1.807, 2.05) is 18.0 Å². The van der Waals surface area contributed by atoms with Crippen molar-refractivity contribution in [2.45, 2.75) is 45.1 Å². The zero-order chi connectivity index (χ0) is 16.9. The van der Waals surface area contributed by atoms with Gasteiger partial charge in [0.25, 0.3) is 0 Å². The van der Waals surface area contributed by atoms with Crippen molar-refractivity contribution in [1.29, 1.82) is 0 Å². The highest BCUT2D eigenvalue weighted by molar-refractivity contribution is 5.98. The summed E-state index contributed by atoms with van der Waals surface area (Å²) >= 11 is 0. The first-order valence-corrected chi connectivity index (χ1v) is 9.48. The van der Waals surface area contributed by atoms with Gasteiger partial charge in [0.2, 0.25) is 5.91 Å². The third-order valence-electron chi connectivity index (χ3n) is 5.73. The van der Waals surface area contributed by atoms with E-state index in [0.717, 1.165) is 50.6 Å². The molecule has 0 radical (unpaired) electrons. The van der Waals surface area contributed by atoms with Crippen LogP contribution in [0.3, 0.4) is 0 Å². The molecule has 1 aromatic rings. The lowest BCUT2D eigenvalue weighted by atomic mass is 9.92. The average Bonchev–Trinajstić information content (AvgIpc) is 2.65. The van der Waals surface area contributed by atoms with Gasteiger partial charge in [-0.1, -0.05) is 18.2 Å². The summed E-state index contributed by atoms with van der Waals surface area (Å²) in [4.78, 5) is 17.5. The second kappa shape index (κ2) is 8.13. The van der Waals surface area contributed by atoms with E-state index < -0.39 is 0 Å². The van der Waals surface area contributed by atoms with Gasteiger partial charge in [-0.2, -0.15) is 0 Å². The van der Waals surface area contributed by atoms with Crippen molar-refractivity contribution < 1.29 is 4.79 Å². The van der Waals surface area contributed by atoms with Crippen LogP contribution < -0.4 is 10.2 Å². The van der Waals surface area contributed by atoms with Gasteiger partial charge < -0.3 is 10.2 Å². The molecule has 4 nitrogen and oxygen atoms in total. The van der Waals surface area contributed by atoms with Gasteiger partial charge in [-0.3, -0.25) is 9.69 Å². The van der Waals surface area contributed by atoms with Crippen LogP contribution in [0.2, 0.25) is 0 Å². The highest BCUT2D eigenvalue weighted by Gasteiger charge is 2.31. The van der Waals surface area contributed by atoms with Gasteiger partial charge in [-0.05, 0) is 83.3 Å². The van der Waals surface area contributed by atoms with E-state index in [-0.39, 0.29) is 11.9 Å². The van der Waals surface area contributed by atoms with Gasteiger partial charge in [0.05, 0.1) is 6.04 Å². The van der Waals surface area contributed by atoms with Crippen molar-refractivity contribution >= 4 is 11.6 Å². The monoisotopic (exact) mass is 329 g/mol. The van der Waals surface area contributed by atoms with E-state index in [4.69, 9.17) is 0 Å². The smallest absolute Gasteiger partial charge is 0.244 e. The summed E-state index contributed by atoms with van der Waals surface area (Å²) in [6.07, 6.45) is 5.85. The Balaban J connectivity index is 1.60. The molecule has 1 atom stereocenters. The molecule has 132 valence electrons. The van der Waals surface area contributed by atoms with Gasteiger partial charge in [0.15, 0.2) is 0 Å². The lowest BCUT2D eigenvalue weighted by Crippen LogP contribution is -2.51. The van der Waals surface area contributed by atoms with E-state index in [9.17, 15) is 4.79 Å². The first-order chi connectivity index (χ1) is 11.7. The maximum absolute atomic E-state index is 13.1. The maximum atomic E-state index is 13.1. The number of rotatable bonds is 5. The van der Waals surface area contributed by atoms with Crippen molar-refractivity contribution in [3.63, 3.8) is 0 Å². The molecule has 1 unspecified atom stereocenters. The first kappa shape index (κ1) is 17.4. The van der Waals surface area contributed by atoms with Gasteiger partial charge in [-0.15, -0.1) is 0 Å². The number of likely N-dealkylation sites (tertiary alicyclic amines) is 1. The van der Waals surface area contributed by atoms with Crippen LogP contribution in [-0.4, -0.2) is 50.1 Å². The number of hydrogen-bond donors (Lipinski definition) is 1. The summed E-state index contributed by atoms with van der Waals surface area (Å²) in [5.74, 6) is 1.09. The molecule has 0 bridgehead atoms. The standard InChI is InChI=1S/C20H31N3O/c1-16(22-14-10-17(11-15-22)9-12-21-2)20(24)23-13-5-7-18-6-3-4-8-19(18)23/h3-4,6,8,16-17,21H,5,7,9-15H2,1-2H3. The number of aryl methyl sites for hydroxylation is 1. The molecule has 0 aliphatic carbocycles. The average molecular weight is 329 g/mol. The molecule has 24 heavy (non-hydrogen) atoms. The molecule has 2 aliphatic rings. The number of fused-ring (bicyclic) bond motifs is 1. The second-order valence-corrected chi connectivity index (χ2v) is 7.27. The molecule has 1 amide bonds. The SMILES string of the molecule is CNCCC1CCN(C(C)C(=O)N2CCCc3ccccc32)CC1. The largest absolute Gasteiger partial charge is 0.320 e. The summed E-state index contributed by atoms with van der Waals surface area (Å²) in [5.41, 5.74) is 2.44. The molecule has 3 rings (SSSR count). The zero-order valence-electron chi connectivity index (χ0n) is 15.1. The fourth-order valence-electron chi connectivity index (χ4n) is 4.12. The maximum Gasteiger partial charge on any atom is 0.244 e. The third-order valence-corrected chi connectivity index (χ3v) is 5.73. The normalized spacial score (nSPS) is 20.7. The number of amides is 1. The Hall–Kier alpha value is -1.39. The first-order valence-electron chi connectivity index (χ1n) is 9.48. The Morgan fingerprint density at radius 1 is 1.25 bits per heavy atom. The van der Waals surface area contributed by atoms with Crippen molar-refractivity contribution in [3.05, 3.63) is 29.8 Å². The minimum Gasteiger partial charge on any atom is -0.320 e. The molecule has 1 aromatic carbocycles. The van der Waals surface area contributed by atoms with Crippen LogP contribution in [0.15, 0.2) is 24.3 Å². The van der Waals surface area contributed by atoms with Crippen LogP contribution in [0.25, 0.3) is 0 Å². The number of anilines is 1. The molecule has 2 aliphatic heterocycles. The van der Waals surface area contributed by atoms with Crippen LogP contribution in [0.5, 0.6) is 0 Å². The zero-order valence-corrected chi connectivity index (χ0v) is 15.1. The molecule has 0 saturated carbocycles. The van der Waals surface area contributed by atoms with Gasteiger partial charge in [-0.25, -0.2) is 0 Å². The molecule has 4 heteroatoms. The number of piperidine rings is 1. The molecule has 1 fully saturated rings. The number of para-hydroxylation sites is 1. The van der Waals surface area contributed by atoms with Crippen molar-refractivity contribution in [2.75, 3.05) is 38.1 Å². The van der Waals surface area contributed by atoms with E-state index in [2.05, 4.69) is 35.3 Å². The molecule has 0 aromatic heterocycles. The summed E-state index contributed by atoms with van der Waals surface area (Å²) in [6.45, 7) is 6.16. The minimum atomic E-state index is -0.0126. The highest BCUT2D eigenvalue weighted by atomic mass is 16.2. The highest BCUT2D eigenvalue weighted by Crippen LogP contribution is 2.29. The Morgan fingerprint density at radius 2 is 2.00 bits per heavy atom. The minimum absolute atomic E-state index is 0.0126. The number of nitrogens with zero attached hydrogens (tertiary/aromatic N) is 2. The van der Waals surface area contributed by atoms with Crippen LogP contribution in [0, 0.1) is 5.92 Å². The summed E-state index contributed by atoms with van der Waals surface area (Å²) in [7, 11) is 2.02. The molecule has 0 spiro atoms. The number of carbonyl (C=O) groups is 1. The fraction of sp³-hybridized carbons (Fsp3) is 0.650. The Morgan fingerprint density at radius 3 is 2.75 bits per heavy atom. The van der Waals surface area contributed by atoms with Crippen LogP contribution in [0.1, 0.15) is 38.2 Å². The Labute approximate surface area is 146 Å². The lowest BCUT2D eigenvalue weighted by Gasteiger charge is -2.38. The number of carbonyl (C=O) groups excluding carboxylic acids is 1. The fourth-order valence-corrected chi connectivity index (χ4v) is 4.12. The third kappa shape index (κ3) is 3.81. The number of nitrogens with one attached hydrogen (secondary N) is 1. The molecule has 1 N–H and O–H groups in total. The molecular formula is C20H31N3O. The van der Waals surface area contributed by atoms with Crippen molar-refractivity contribution in [2.24, 2.45) is 5.92 Å². The summed E-state index contributed by atoms with van der Waals surface area (Å²) in [6, 6.07) is 8.37. The molecule has 1 saturated heterocycles. The number of hydrogen-bond acceptors (Lipinski definition) is 3. The van der Waals surface area contributed by atoms with Crippen LogP contribution in [0.4, 0.5) is 5.69 Å². The van der Waals surface area contributed by atoms with E-state index in [0.29, 0.717) is 0 Å². The molecule has 2 heterocycles. The predicted molar refractivity (Wildman–Crippen MR) is 99.4 cm³/mol. The Bertz CT molecular complexity index is 552. The Kier molecular flexibility index (Phi) is 5.90.